The number of carbonyl (C=O) groups excluding carboxylic acids is 1. The van der Waals surface area contributed by atoms with E-state index in [1.54, 1.807) is 17.7 Å². The fraction of sp³-hybridized carbons (Fsp3) is 0.650. The second-order valence-corrected chi connectivity index (χ2v) is 9.99. The minimum Gasteiger partial charge on any atom is -0.340 e. The summed E-state index contributed by atoms with van der Waals surface area (Å²) in [5.41, 5.74) is 1.10. The lowest BCUT2D eigenvalue weighted by Crippen LogP contribution is -2.61. The zero-order chi connectivity index (χ0) is 17.9. The maximum atomic E-state index is 13.6. The normalized spacial score (nSPS) is 35.0. The van der Waals surface area contributed by atoms with Crippen LogP contribution >= 0.6 is 11.3 Å². The van der Waals surface area contributed by atoms with Crippen LogP contribution in [0, 0.1) is 24.2 Å². The molecule has 26 heavy (non-hydrogen) atoms. The summed E-state index contributed by atoms with van der Waals surface area (Å²) in [7, 11) is 1.99. The van der Waals surface area contributed by atoms with Crippen molar-refractivity contribution >= 4 is 17.2 Å². The van der Waals surface area contributed by atoms with Gasteiger partial charge in [-0.2, -0.15) is 5.10 Å². The van der Waals surface area contributed by atoms with Gasteiger partial charge in [0.2, 0.25) is 5.91 Å². The van der Waals surface area contributed by atoms with E-state index < -0.39 is 0 Å². The highest BCUT2D eigenvalue weighted by molar-refractivity contribution is 7.10. The molecule has 0 aromatic carbocycles. The number of hydrogen-bond donors (Lipinski definition) is 0. The maximum absolute atomic E-state index is 13.6. The first-order valence-corrected chi connectivity index (χ1v) is 10.5. The minimum atomic E-state index is -0.198. The number of amides is 1. The molecule has 0 radical (unpaired) electrons. The Hall–Kier alpha value is -1.69. The number of rotatable bonds is 4. The molecule has 2 aromatic rings. The van der Waals surface area contributed by atoms with Crippen molar-refractivity contribution in [2.24, 2.45) is 17.3 Å². The molecule has 0 N–H and O–H groups in total. The molecule has 4 aliphatic rings. The number of carbonyl (C=O) groups is 1. The van der Waals surface area contributed by atoms with Crippen LogP contribution in [0.3, 0.4) is 0 Å². The van der Waals surface area contributed by atoms with Gasteiger partial charge in [-0.05, 0) is 74.3 Å². The van der Waals surface area contributed by atoms with E-state index in [9.17, 15) is 4.79 Å². The Balaban J connectivity index is 1.44. The third-order valence-corrected chi connectivity index (χ3v) is 8.09. The van der Waals surface area contributed by atoms with Gasteiger partial charge < -0.3 is 4.90 Å². The van der Waals surface area contributed by atoms with Gasteiger partial charge in [-0.25, -0.2) is 9.67 Å². The summed E-state index contributed by atoms with van der Waals surface area (Å²) in [5.74, 6) is 1.66. The minimum absolute atomic E-state index is 0.00985. The summed E-state index contributed by atoms with van der Waals surface area (Å²) < 4.78 is 2.08. The third-order valence-electron chi connectivity index (χ3n) is 7.08. The van der Waals surface area contributed by atoms with Crippen molar-refractivity contribution in [2.75, 3.05) is 7.05 Å². The maximum Gasteiger partial charge on any atom is 0.228 e. The van der Waals surface area contributed by atoms with E-state index in [4.69, 9.17) is 0 Å². The zero-order valence-corrected chi connectivity index (χ0v) is 16.3. The molecule has 2 heterocycles. The molecule has 0 aliphatic heterocycles. The molecule has 4 aliphatic carbocycles. The lowest BCUT2D eigenvalue weighted by atomic mass is 9.46. The van der Waals surface area contributed by atoms with Crippen molar-refractivity contribution in [2.45, 2.75) is 57.5 Å². The molecule has 1 amide bonds. The van der Waals surface area contributed by atoms with Crippen LogP contribution in [0.15, 0.2) is 24.1 Å². The van der Waals surface area contributed by atoms with Gasteiger partial charge in [0.15, 0.2) is 0 Å². The van der Waals surface area contributed by atoms with Crippen LogP contribution in [0.2, 0.25) is 0 Å². The molecule has 2 atom stereocenters. The SMILES string of the molecule is Cc1ccsc1CN(C)C(=O)C12CC3CC(C1)CC(n1cncn1)(C3)C2. The molecule has 4 fully saturated rings. The van der Waals surface area contributed by atoms with Crippen LogP contribution in [-0.2, 0) is 16.9 Å². The molecule has 138 valence electrons. The quantitative estimate of drug-likeness (QED) is 0.826. The van der Waals surface area contributed by atoms with E-state index in [0.717, 1.165) is 38.6 Å². The van der Waals surface area contributed by atoms with Crippen molar-refractivity contribution in [1.82, 2.24) is 19.7 Å². The lowest BCUT2D eigenvalue weighted by Gasteiger charge is -2.61. The zero-order valence-electron chi connectivity index (χ0n) is 15.5. The Morgan fingerprint density at radius 3 is 2.73 bits per heavy atom. The molecule has 0 saturated heterocycles. The predicted octanol–water partition coefficient (Wildman–Crippen LogP) is 3.60. The molecule has 4 bridgehead atoms. The van der Waals surface area contributed by atoms with Crippen LogP contribution in [0.1, 0.15) is 49.0 Å². The van der Waals surface area contributed by atoms with Crippen LogP contribution in [-0.4, -0.2) is 32.6 Å². The highest BCUT2D eigenvalue weighted by atomic mass is 32.1. The first-order chi connectivity index (χ1) is 12.5. The largest absolute Gasteiger partial charge is 0.340 e. The van der Waals surface area contributed by atoms with Crippen molar-refractivity contribution in [3.63, 3.8) is 0 Å². The molecule has 5 nitrogen and oxygen atoms in total. The highest BCUT2D eigenvalue weighted by Crippen LogP contribution is 2.64. The molecular formula is C20H26N4OS. The number of hydrogen-bond acceptors (Lipinski definition) is 4. The number of nitrogens with zero attached hydrogens (tertiary/aromatic N) is 4. The van der Waals surface area contributed by atoms with Crippen LogP contribution in [0.4, 0.5) is 0 Å². The van der Waals surface area contributed by atoms with Gasteiger partial charge in [-0.3, -0.25) is 4.79 Å². The lowest BCUT2D eigenvalue weighted by molar-refractivity contribution is -0.165. The predicted molar refractivity (Wildman–Crippen MR) is 101 cm³/mol. The molecule has 0 spiro atoms. The first-order valence-electron chi connectivity index (χ1n) is 9.63. The number of aryl methyl sites for hydroxylation is 1. The summed E-state index contributed by atoms with van der Waals surface area (Å²) in [6.45, 7) is 2.87. The smallest absolute Gasteiger partial charge is 0.228 e. The fourth-order valence-corrected chi connectivity index (χ4v) is 7.40. The van der Waals surface area contributed by atoms with Gasteiger partial charge in [0.1, 0.15) is 12.7 Å². The molecule has 4 saturated carbocycles. The van der Waals surface area contributed by atoms with Gasteiger partial charge in [0.05, 0.1) is 17.5 Å². The van der Waals surface area contributed by atoms with Crippen molar-refractivity contribution in [3.05, 3.63) is 34.5 Å². The molecule has 2 aromatic heterocycles. The molecular weight excluding hydrogens is 344 g/mol. The van der Waals surface area contributed by atoms with Gasteiger partial charge in [-0.1, -0.05) is 0 Å². The van der Waals surface area contributed by atoms with E-state index in [1.807, 2.05) is 18.3 Å². The summed E-state index contributed by atoms with van der Waals surface area (Å²) in [4.78, 5) is 21.1. The Kier molecular flexibility index (Phi) is 3.58. The summed E-state index contributed by atoms with van der Waals surface area (Å²) >= 11 is 1.75. The van der Waals surface area contributed by atoms with Crippen molar-refractivity contribution in [3.8, 4) is 0 Å². The van der Waals surface area contributed by atoms with E-state index in [1.165, 1.54) is 16.9 Å². The van der Waals surface area contributed by atoms with Gasteiger partial charge >= 0.3 is 0 Å². The van der Waals surface area contributed by atoms with Crippen LogP contribution in [0.5, 0.6) is 0 Å². The van der Waals surface area contributed by atoms with Crippen molar-refractivity contribution in [1.29, 1.82) is 0 Å². The van der Waals surface area contributed by atoms with E-state index in [2.05, 4.69) is 33.1 Å². The Labute approximate surface area is 158 Å². The van der Waals surface area contributed by atoms with Gasteiger partial charge in [0, 0.05) is 11.9 Å². The first kappa shape index (κ1) is 16.5. The second kappa shape index (κ2) is 5.65. The Morgan fingerprint density at radius 1 is 1.35 bits per heavy atom. The molecule has 6 heteroatoms. The average Bonchev–Trinajstić information content (AvgIpc) is 3.26. The summed E-state index contributed by atoms with van der Waals surface area (Å²) in [6, 6.07) is 2.14. The van der Waals surface area contributed by atoms with Crippen molar-refractivity contribution < 1.29 is 4.79 Å². The Bertz CT molecular complexity index is 813. The standard InChI is InChI=1S/C20H26N4OS/c1-14-3-4-26-17(14)10-23(2)18(25)19-6-15-5-16(7-19)9-20(8-15,11-19)24-13-21-12-22-24/h3-4,12-13,15-16H,5-11H2,1-2H3. The van der Waals surface area contributed by atoms with Crippen LogP contribution < -0.4 is 0 Å². The molecule has 2 unspecified atom stereocenters. The number of thiophene rings is 1. The third kappa shape index (κ3) is 2.38. The summed E-state index contributed by atoms with van der Waals surface area (Å²) in [5, 5.41) is 6.61. The van der Waals surface area contributed by atoms with Crippen LogP contribution in [0.25, 0.3) is 0 Å². The second-order valence-electron chi connectivity index (χ2n) is 8.99. The highest BCUT2D eigenvalue weighted by Gasteiger charge is 2.62. The van der Waals surface area contributed by atoms with E-state index in [-0.39, 0.29) is 11.0 Å². The fourth-order valence-electron chi connectivity index (χ4n) is 6.44. The van der Waals surface area contributed by atoms with E-state index >= 15 is 0 Å². The van der Waals surface area contributed by atoms with Gasteiger partial charge in [-0.15, -0.1) is 11.3 Å². The average molecular weight is 371 g/mol. The Morgan fingerprint density at radius 2 is 2.12 bits per heavy atom. The topological polar surface area (TPSA) is 51.0 Å². The van der Waals surface area contributed by atoms with E-state index in [0.29, 0.717) is 17.7 Å². The summed E-state index contributed by atoms with van der Waals surface area (Å²) in [6.07, 6.45) is 10.2. The van der Waals surface area contributed by atoms with Gasteiger partial charge in [0.25, 0.3) is 0 Å². The number of aromatic nitrogens is 3. The monoisotopic (exact) mass is 370 g/mol. The molecule has 6 rings (SSSR count).